The lowest BCUT2D eigenvalue weighted by molar-refractivity contribution is 0.125. The molecule has 5 heteroatoms. The first kappa shape index (κ1) is 22.5. The number of amides is 1. The molecule has 1 unspecified atom stereocenters. The van der Waals surface area contributed by atoms with E-state index in [0.717, 1.165) is 23.3 Å². The monoisotopic (exact) mass is 397 g/mol. The van der Waals surface area contributed by atoms with E-state index in [1.165, 1.54) is 0 Å². The number of aliphatic hydroxyl groups is 1. The molecule has 0 aliphatic carbocycles. The lowest BCUT2D eigenvalue weighted by atomic mass is 10.0. The molecule has 0 fully saturated rings. The molecule has 0 radical (unpaired) electrons. The maximum atomic E-state index is 11.8. The predicted molar refractivity (Wildman–Crippen MR) is 116 cm³/mol. The van der Waals surface area contributed by atoms with Crippen LogP contribution in [0.5, 0.6) is 5.75 Å². The second kappa shape index (κ2) is 11.3. The van der Waals surface area contributed by atoms with E-state index in [2.05, 4.69) is 5.32 Å². The van der Waals surface area contributed by atoms with Crippen molar-refractivity contribution in [2.45, 2.75) is 45.3 Å². The van der Waals surface area contributed by atoms with Crippen LogP contribution in [-0.2, 0) is 4.74 Å². The van der Waals surface area contributed by atoms with Crippen LogP contribution in [0.4, 0.5) is 4.79 Å². The first-order valence-corrected chi connectivity index (χ1v) is 9.91. The number of carbonyl (C=O) groups excluding carboxylic acids is 1. The molecule has 2 aromatic carbocycles. The van der Waals surface area contributed by atoms with Gasteiger partial charge in [-0.05, 0) is 56.9 Å². The number of aliphatic hydroxyl groups excluding tert-OH is 1. The number of rotatable bonds is 9. The van der Waals surface area contributed by atoms with Crippen molar-refractivity contribution in [2.75, 3.05) is 13.2 Å². The fraction of sp³-hybridized carbons (Fsp3) is 0.375. The van der Waals surface area contributed by atoms with Gasteiger partial charge in [-0.3, -0.25) is 0 Å². The number of benzene rings is 2. The van der Waals surface area contributed by atoms with Crippen LogP contribution in [0.1, 0.15) is 50.8 Å². The topological polar surface area (TPSA) is 67.8 Å². The van der Waals surface area contributed by atoms with Crippen molar-refractivity contribution < 1.29 is 19.4 Å². The SMILES string of the molecule is CC(C)(C)NC(=O)OCCCC(Oc1ccc(/C=C/CO)cc1)c1ccccc1. The molecule has 1 atom stereocenters. The zero-order valence-corrected chi connectivity index (χ0v) is 17.4. The highest BCUT2D eigenvalue weighted by molar-refractivity contribution is 5.68. The third-order valence-corrected chi connectivity index (χ3v) is 4.07. The molecule has 29 heavy (non-hydrogen) atoms. The average molecular weight is 398 g/mol. The molecule has 0 heterocycles. The molecule has 0 spiro atoms. The lowest BCUT2D eigenvalue weighted by Gasteiger charge is -2.21. The second-order valence-corrected chi connectivity index (χ2v) is 7.82. The minimum Gasteiger partial charge on any atom is -0.486 e. The standard InChI is InChI=1S/C24H31NO4/c1-24(2,3)25-23(27)28-18-8-12-22(20-10-5-4-6-11-20)29-21-15-13-19(14-16-21)9-7-17-26/h4-7,9-11,13-16,22,26H,8,12,17-18H2,1-3H3,(H,25,27)/b9-7+. The van der Waals surface area contributed by atoms with Crippen molar-refractivity contribution in [1.29, 1.82) is 0 Å². The number of ether oxygens (including phenoxy) is 2. The molecule has 0 bridgehead atoms. The van der Waals surface area contributed by atoms with Gasteiger partial charge in [-0.25, -0.2) is 4.79 Å². The van der Waals surface area contributed by atoms with Crippen LogP contribution in [0, 0.1) is 0 Å². The van der Waals surface area contributed by atoms with Crippen molar-refractivity contribution in [1.82, 2.24) is 5.32 Å². The Hall–Kier alpha value is -2.79. The molecule has 0 aromatic heterocycles. The highest BCUT2D eigenvalue weighted by Gasteiger charge is 2.16. The Labute approximate surface area is 173 Å². The van der Waals surface area contributed by atoms with Crippen LogP contribution < -0.4 is 10.1 Å². The molecular weight excluding hydrogens is 366 g/mol. The number of hydrogen-bond acceptors (Lipinski definition) is 4. The van der Waals surface area contributed by atoms with Gasteiger partial charge in [0.1, 0.15) is 11.9 Å². The van der Waals surface area contributed by atoms with Gasteiger partial charge in [0.15, 0.2) is 0 Å². The van der Waals surface area contributed by atoms with Gasteiger partial charge in [0.05, 0.1) is 13.2 Å². The first-order valence-electron chi connectivity index (χ1n) is 9.91. The quantitative estimate of drug-likeness (QED) is 0.577. The zero-order valence-electron chi connectivity index (χ0n) is 17.4. The van der Waals surface area contributed by atoms with Gasteiger partial charge in [0.2, 0.25) is 0 Å². The number of nitrogens with one attached hydrogen (secondary N) is 1. The predicted octanol–water partition coefficient (Wildman–Crippen LogP) is 5.12. The Kier molecular flexibility index (Phi) is 8.74. The highest BCUT2D eigenvalue weighted by Crippen LogP contribution is 2.26. The summed E-state index contributed by atoms with van der Waals surface area (Å²) in [5.74, 6) is 0.770. The summed E-state index contributed by atoms with van der Waals surface area (Å²) in [6.45, 7) is 6.10. The van der Waals surface area contributed by atoms with Gasteiger partial charge in [-0.1, -0.05) is 54.6 Å². The van der Waals surface area contributed by atoms with Gasteiger partial charge in [-0.2, -0.15) is 0 Å². The van der Waals surface area contributed by atoms with Crippen LogP contribution in [0.15, 0.2) is 60.7 Å². The maximum absolute atomic E-state index is 11.8. The van der Waals surface area contributed by atoms with Crippen LogP contribution in [0.25, 0.3) is 6.08 Å². The number of hydrogen-bond donors (Lipinski definition) is 2. The number of alkyl carbamates (subject to hydrolysis) is 1. The van der Waals surface area contributed by atoms with Crippen molar-refractivity contribution in [3.05, 3.63) is 71.8 Å². The van der Waals surface area contributed by atoms with Gasteiger partial charge < -0.3 is 19.9 Å². The third kappa shape index (κ3) is 8.83. The van der Waals surface area contributed by atoms with Crippen molar-refractivity contribution in [3.8, 4) is 5.75 Å². The molecule has 5 nitrogen and oxygen atoms in total. The Morgan fingerprint density at radius 1 is 1.10 bits per heavy atom. The molecule has 0 saturated heterocycles. The fourth-order valence-electron chi connectivity index (χ4n) is 2.75. The third-order valence-electron chi connectivity index (χ3n) is 4.07. The van der Waals surface area contributed by atoms with E-state index in [0.29, 0.717) is 13.0 Å². The van der Waals surface area contributed by atoms with Crippen LogP contribution in [0.3, 0.4) is 0 Å². The minimum absolute atomic E-state index is 0.0180. The van der Waals surface area contributed by atoms with Gasteiger partial charge in [0, 0.05) is 5.54 Å². The maximum Gasteiger partial charge on any atom is 0.407 e. The summed E-state index contributed by atoms with van der Waals surface area (Å²) in [6, 6.07) is 17.8. The summed E-state index contributed by atoms with van der Waals surface area (Å²) in [4.78, 5) is 11.8. The summed E-state index contributed by atoms with van der Waals surface area (Å²) < 4.78 is 11.5. The summed E-state index contributed by atoms with van der Waals surface area (Å²) in [5.41, 5.74) is 1.77. The van der Waals surface area contributed by atoms with E-state index in [1.54, 1.807) is 6.08 Å². The molecular formula is C24H31NO4. The lowest BCUT2D eigenvalue weighted by Crippen LogP contribution is -2.41. The van der Waals surface area contributed by atoms with E-state index >= 15 is 0 Å². The smallest absolute Gasteiger partial charge is 0.407 e. The molecule has 2 aromatic rings. The number of carbonyl (C=O) groups is 1. The van der Waals surface area contributed by atoms with Gasteiger partial charge in [-0.15, -0.1) is 0 Å². The Morgan fingerprint density at radius 2 is 1.79 bits per heavy atom. The van der Waals surface area contributed by atoms with Crippen LogP contribution >= 0.6 is 0 Å². The van der Waals surface area contributed by atoms with Gasteiger partial charge in [0.25, 0.3) is 0 Å². The summed E-state index contributed by atoms with van der Waals surface area (Å²) in [5, 5.41) is 11.7. The molecule has 1 amide bonds. The Balaban J connectivity index is 1.94. The van der Waals surface area contributed by atoms with Crippen molar-refractivity contribution in [3.63, 3.8) is 0 Å². The normalized spacial score (nSPS) is 12.6. The van der Waals surface area contributed by atoms with Crippen molar-refractivity contribution >= 4 is 12.2 Å². The molecule has 0 aliphatic rings. The summed E-state index contributed by atoms with van der Waals surface area (Å²) in [7, 11) is 0. The van der Waals surface area contributed by atoms with Crippen LogP contribution in [0.2, 0.25) is 0 Å². The van der Waals surface area contributed by atoms with Gasteiger partial charge >= 0.3 is 6.09 Å². The Morgan fingerprint density at radius 3 is 2.41 bits per heavy atom. The molecule has 0 aliphatic heterocycles. The Bertz CT molecular complexity index is 764. The second-order valence-electron chi connectivity index (χ2n) is 7.82. The highest BCUT2D eigenvalue weighted by atomic mass is 16.5. The first-order chi connectivity index (χ1) is 13.9. The zero-order chi connectivity index (χ0) is 21.1. The summed E-state index contributed by atoms with van der Waals surface area (Å²) >= 11 is 0. The van der Waals surface area contributed by atoms with E-state index in [4.69, 9.17) is 14.6 Å². The van der Waals surface area contributed by atoms with E-state index < -0.39 is 6.09 Å². The largest absolute Gasteiger partial charge is 0.486 e. The molecule has 0 saturated carbocycles. The van der Waals surface area contributed by atoms with Crippen molar-refractivity contribution in [2.24, 2.45) is 0 Å². The van der Waals surface area contributed by atoms with E-state index in [9.17, 15) is 4.79 Å². The van der Waals surface area contributed by atoms with E-state index in [1.807, 2.05) is 81.4 Å². The summed E-state index contributed by atoms with van der Waals surface area (Å²) in [6.07, 6.45) is 4.43. The molecule has 2 N–H and O–H groups in total. The fourth-order valence-corrected chi connectivity index (χ4v) is 2.75. The van der Waals surface area contributed by atoms with E-state index in [-0.39, 0.29) is 18.2 Å². The molecule has 156 valence electrons. The van der Waals surface area contributed by atoms with Crippen LogP contribution in [-0.4, -0.2) is 30.0 Å². The average Bonchev–Trinajstić information content (AvgIpc) is 2.69. The molecule has 2 rings (SSSR count). The minimum atomic E-state index is -0.402.